The van der Waals surface area contributed by atoms with Crippen LogP contribution < -0.4 is 9.64 Å². The maximum atomic E-state index is 6.61. The number of aromatic nitrogens is 4. The van der Waals surface area contributed by atoms with Crippen LogP contribution in [-0.4, -0.2) is 72.1 Å². The van der Waals surface area contributed by atoms with Crippen molar-refractivity contribution in [2.24, 2.45) is 0 Å². The van der Waals surface area contributed by atoms with Crippen LogP contribution in [0.15, 0.2) is 48.5 Å². The smallest absolute Gasteiger partial charge is 0.173 e. The van der Waals surface area contributed by atoms with Crippen LogP contribution in [0.2, 0.25) is 5.02 Å². The zero-order valence-electron chi connectivity index (χ0n) is 17.8. The Labute approximate surface area is 187 Å². The van der Waals surface area contributed by atoms with E-state index in [0.717, 1.165) is 43.3 Å². The van der Waals surface area contributed by atoms with Crippen LogP contribution >= 0.6 is 11.6 Å². The lowest BCUT2D eigenvalue weighted by Gasteiger charge is -2.40. The lowest BCUT2D eigenvalue weighted by Crippen LogP contribution is -2.48. The Morgan fingerprint density at radius 1 is 1.00 bits per heavy atom. The maximum Gasteiger partial charge on any atom is 0.173 e. The first-order valence-corrected chi connectivity index (χ1v) is 10.7. The quantitative estimate of drug-likeness (QED) is 0.531. The minimum atomic E-state index is -0.126. The number of hydrogen-bond donors (Lipinski definition) is 0. The maximum absolute atomic E-state index is 6.61. The van der Waals surface area contributed by atoms with Crippen LogP contribution in [0.4, 0.5) is 5.69 Å². The van der Waals surface area contributed by atoms with Gasteiger partial charge in [0.2, 0.25) is 0 Å². The number of methoxy groups -OCH3 is 2. The van der Waals surface area contributed by atoms with Crippen molar-refractivity contribution in [3.8, 4) is 5.75 Å². The third-order valence-corrected chi connectivity index (χ3v) is 5.97. The Bertz CT molecular complexity index is 972. The molecular weight excluding hydrogens is 416 g/mol. The van der Waals surface area contributed by atoms with Crippen molar-refractivity contribution in [3.63, 3.8) is 0 Å². The van der Waals surface area contributed by atoms with Crippen molar-refractivity contribution in [2.45, 2.75) is 12.6 Å². The number of ether oxygens (including phenoxy) is 2. The Kier molecular flexibility index (Phi) is 7.01. The summed E-state index contributed by atoms with van der Waals surface area (Å²) >= 11 is 6.61. The molecule has 1 fully saturated rings. The van der Waals surface area contributed by atoms with Gasteiger partial charge in [-0.2, -0.15) is 0 Å². The van der Waals surface area contributed by atoms with E-state index in [4.69, 9.17) is 21.1 Å². The summed E-state index contributed by atoms with van der Waals surface area (Å²) in [6.45, 7) is 4.64. The van der Waals surface area contributed by atoms with E-state index >= 15 is 0 Å². The molecule has 164 valence electrons. The van der Waals surface area contributed by atoms with Crippen molar-refractivity contribution in [2.75, 3.05) is 51.9 Å². The van der Waals surface area contributed by atoms with Crippen LogP contribution in [0.3, 0.4) is 0 Å². The van der Waals surface area contributed by atoms with Crippen LogP contribution in [-0.2, 0) is 11.3 Å². The van der Waals surface area contributed by atoms with Crippen LogP contribution in [0.25, 0.3) is 0 Å². The van der Waals surface area contributed by atoms with Gasteiger partial charge in [-0.15, -0.1) is 5.10 Å². The number of rotatable bonds is 8. The average Bonchev–Trinajstić information content (AvgIpc) is 3.28. The Morgan fingerprint density at radius 3 is 2.42 bits per heavy atom. The fraction of sp³-hybridized carbons (Fsp3) is 0.409. The zero-order chi connectivity index (χ0) is 21.6. The number of anilines is 1. The topological polar surface area (TPSA) is 68.5 Å². The second kappa shape index (κ2) is 10.1. The van der Waals surface area contributed by atoms with Gasteiger partial charge in [0.1, 0.15) is 5.75 Å². The number of hydrogen-bond acceptors (Lipinski definition) is 7. The highest BCUT2D eigenvalue weighted by molar-refractivity contribution is 6.31. The van der Waals surface area contributed by atoms with Gasteiger partial charge in [-0.05, 0) is 46.3 Å². The summed E-state index contributed by atoms with van der Waals surface area (Å²) in [7, 11) is 3.36. The van der Waals surface area contributed by atoms with E-state index in [1.165, 1.54) is 5.69 Å². The van der Waals surface area contributed by atoms with E-state index in [-0.39, 0.29) is 6.04 Å². The van der Waals surface area contributed by atoms with Crippen LogP contribution in [0, 0.1) is 0 Å². The van der Waals surface area contributed by atoms with Gasteiger partial charge < -0.3 is 14.4 Å². The summed E-state index contributed by atoms with van der Waals surface area (Å²) in [6.07, 6.45) is 0. The first-order valence-electron chi connectivity index (χ1n) is 10.3. The molecule has 1 aliphatic heterocycles. The first-order chi connectivity index (χ1) is 15.2. The molecule has 0 bridgehead atoms. The van der Waals surface area contributed by atoms with Gasteiger partial charge in [0.15, 0.2) is 5.82 Å². The van der Waals surface area contributed by atoms with Crippen molar-refractivity contribution in [1.29, 1.82) is 0 Å². The highest BCUT2D eigenvalue weighted by Gasteiger charge is 2.31. The Hall–Kier alpha value is -2.68. The SMILES string of the molecule is COCCn1nnnc1C(c1ccccc1Cl)N1CCN(c2ccc(OC)cc2)CC1. The average molecular weight is 443 g/mol. The molecule has 2 aromatic carbocycles. The Balaban J connectivity index is 1.57. The van der Waals surface area contributed by atoms with Crippen molar-refractivity contribution in [1.82, 2.24) is 25.1 Å². The largest absolute Gasteiger partial charge is 0.497 e. The van der Waals surface area contributed by atoms with Gasteiger partial charge in [0, 0.05) is 44.0 Å². The second-order valence-corrected chi connectivity index (χ2v) is 7.81. The molecule has 1 aromatic heterocycles. The van der Waals surface area contributed by atoms with Crippen molar-refractivity contribution >= 4 is 17.3 Å². The number of benzene rings is 2. The highest BCUT2D eigenvalue weighted by Crippen LogP contribution is 2.33. The molecule has 1 aliphatic rings. The van der Waals surface area contributed by atoms with Gasteiger partial charge in [0.05, 0.1) is 26.3 Å². The third-order valence-electron chi connectivity index (χ3n) is 5.63. The second-order valence-electron chi connectivity index (χ2n) is 7.40. The summed E-state index contributed by atoms with van der Waals surface area (Å²) in [5.74, 6) is 1.65. The fourth-order valence-electron chi connectivity index (χ4n) is 3.97. The van der Waals surface area contributed by atoms with E-state index < -0.39 is 0 Å². The van der Waals surface area contributed by atoms with E-state index in [1.807, 2.05) is 35.0 Å². The molecule has 31 heavy (non-hydrogen) atoms. The van der Waals surface area contributed by atoms with Gasteiger partial charge >= 0.3 is 0 Å². The molecule has 9 heteroatoms. The number of piperazine rings is 1. The molecule has 8 nitrogen and oxygen atoms in total. The zero-order valence-corrected chi connectivity index (χ0v) is 18.6. The molecule has 1 atom stereocenters. The standard InChI is InChI=1S/C22H27ClN6O2/c1-30-16-15-29-22(24-25-26-29)21(19-5-3-4-6-20(19)23)28-13-11-27(12-14-28)17-7-9-18(31-2)10-8-17/h3-10,21H,11-16H2,1-2H3. The van der Waals surface area contributed by atoms with E-state index in [2.05, 4.69) is 43.5 Å². The number of nitrogens with zero attached hydrogens (tertiary/aromatic N) is 6. The molecule has 0 aliphatic carbocycles. The molecular formula is C22H27ClN6O2. The molecule has 4 rings (SSSR count). The minimum absolute atomic E-state index is 0.126. The Morgan fingerprint density at radius 2 is 1.74 bits per heavy atom. The van der Waals surface area contributed by atoms with E-state index in [9.17, 15) is 0 Å². The predicted octanol–water partition coefficient (Wildman–Crippen LogP) is 2.89. The lowest BCUT2D eigenvalue weighted by molar-refractivity contribution is 0.172. The number of tetrazole rings is 1. The molecule has 1 unspecified atom stereocenters. The van der Waals surface area contributed by atoms with Crippen molar-refractivity contribution in [3.05, 3.63) is 64.9 Å². The molecule has 0 amide bonds. The first kappa shape index (κ1) is 21.5. The normalized spacial score (nSPS) is 15.8. The van der Waals surface area contributed by atoms with Gasteiger partial charge in [0.25, 0.3) is 0 Å². The summed E-state index contributed by atoms with van der Waals surface area (Å²) in [5, 5.41) is 13.2. The van der Waals surface area contributed by atoms with Crippen LogP contribution in [0.1, 0.15) is 17.4 Å². The van der Waals surface area contributed by atoms with Gasteiger partial charge in [-0.3, -0.25) is 4.90 Å². The fourth-order valence-corrected chi connectivity index (χ4v) is 4.21. The summed E-state index contributed by atoms with van der Waals surface area (Å²) in [4.78, 5) is 4.78. The number of halogens is 1. The monoisotopic (exact) mass is 442 g/mol. The summed E-state index contributed by atoms with van der Waals surface area (Å²) in [5.41, 5.74) is 2.20. The van der Waals surface area contributed by atoms with Gasteiger partial charge in [-0.25, -0.2) is 4.68 Å². The lowest BCUT2D eigenvalue weighted by atomic mass is 10.0. The molecule has 2 heterocycles. The molecule has 0 saturated carbocycles. The summed E-state index contributed by atoms with van der Waals surface area (Å²) in [6, 6.07) is 16.0. The van der Waals surface area contributed by atoms with E-state index in [1.54, 1.807) is 14.2 Å². The molecule has 1 saturated heterocycles. The molecule has 0 N–H and O–H groups in total. The molecule has 3 aromatic rings. The van der Waals surface area contributed by atoms with Crippen molar-refractivity contribution < 1.29 is 9.47 Å². The third kappa shape index (κ3) is 4.81. The van der Waals surface area contributed by atoms with Gasteiger partial charge in [-0.1, -0.05) is 29.8 Å². The molecule has 0 spiro atoms. The minimum Gasteiger partial charge on any atom is -0.497 e. The van der Waals surface area contributed by atoms with Crippen LogP contribution in [0.5, 0.6) is 5.75 Å². The molecule has 0 radical (unpaired) electrons. The highest BCUT2D eigenvalue weighted by atomic mass is 35.5. The van der Waals surface area contributed by atoms with E-state index in [0.29, 0.717) is 18.2 Å². The predicted molar refractivity (Wildman–Crippen MR) is 120 cm³/mol. The summed E-state index contributed by atoms with van der Waals surface area (Å²) < 4.78 is 12.3.